The molecule has 0 bridgehead atoms. The lowest BCUT2D eigenvalue weighted by atomic mass is 9.32. The van der Waals surface area contributed by atoms with Gasteiger partial charge in [0.2, 0.25) is 0 Å². The molecule has 0 atom stereocenters. The molecule has 6 aromatic rings. The molecule has 0 aliphatic carbocycles. The molecule has 4 aliphatic rings. The Balaban J connectivity index is 1.38. The molecular formula is C47H47B2NOS. The van der Waals surface area contributed by atoms with E-state index >= 15 is 0 Å². The van der Waals surface area contributed by atoms with Crippen molar-refractivity contribution in [3.8, 4) is 22.3 Å². The summed E-state index contributed by atoms with van der Waals surface area (Å²) in [5.41, 5.74) is 20.4. The fourth-order valence-electron chi connectivity index (χ4n) is 9.39. The van der Waals surface area contributed by atoms with E-state index in [0.29, 0.717) is 0 Å². The van der Waals surface area contributed by atoms with Gasteiger partial charge in [-0.1, -0.05) is 135 Å². The summed E-state index contributed by atoms with van der Waals surface area (Å²) in [6, 6.07) is 33.5. The average molecular weight is 696 g/mol. The predicted octanol–water partition coefficient (Wildman–Crippen LogP) is 9.69. The third-order valence-electron chi connectivity index (χ3n) is 14.0. The van der Waals surface area contributed by atoms with Gasteiger partial charge in [-0.05, 0) is 109 Å². The van der Waals surface area contributed by atoms with Gasteiger partial charge in [-0.15, -0.1) is 0 Å². The molecule has 52 heavy (non-hydrogen) atoms. The van der Waals surface area contributed by atoms with Crippen LogP contribution in [0, 0.1) is 0 Å². The van der Waals surface area contributed by atoms with E-state index in [2.05, 4.69) is 152 Å². The molecule has 0 unspecified atom stereocenters. The van der Waals surface area contributed by atoms with Crippen LogP contribution in [0.3, 0.4) is 0 Å². The maximum atomic E-state index is 6.99. The standard InChI is InChI=1S/C47H47B2NOS/c1-10-45(4,5)27-17-19-30-32-21-22-39-40-42(32)50-41-34(31-20-18-28(46(6,7)11-2)25-36(31)49(50)35(30)24-27)23-29(47(8,9)12-3)26-37(41)48(40)44-43(52-39)33-15-13-14-16-38(33)51-44/h13-26H,10-12H2,1-9H3. The van der Waals surface area contributed by atoms with Gasteiger partial charge in [0, 0.05) is 32.8 Å². The van der Waals surface area contributed by atoms with E-state index in [1.54, 1.807) is 0 Å². The van der Waals surface area contributed by atoms with Crippen molar-refractivity contribution >= 4 is 75.2 Å². The van der Waals surface area contributed by atoms with Crippen molar-refractivity contribution in [2.75, 3.05) is 4.81 Å². The summed E-state index contributed by atoms with van der Waals surface area (Å²) in [5, 5.41) is 1.22. The van der Waals surface area contributed by atoms with E-state index in [1.807, 2.05) is 11.8 Å². The third kappa shape index (κ3) is 4.18. The van der Waals surface area contributed by atoms with Gasteiger partial charge < -0.3 is 9.23 Å². The second kappa shape index (κ2) is 10.8. The van der Waals surface area contributed by atoms with E-state index in [1.165, 1.54) is 87.3 Å². The Labute approximate surface area is 314 Å². The normalized spacial score (nSPS) is 15.1. The monoisotopic (exact) mass is 695 g/mol. The van der Waals surface area contributed by atoms with Gasteiger partial charge in [0.25, 0.3) is 6.71 Å². The number of para-hydroxylation sites is 1. The Morgan fingerprint density at radius 3 is 1.83 bits per heavy atom. The van der Waals surface area contributed by atoms with Gasteiger partial charge in [-0.3, -0.25) is 0 Å². The van der Waals surface area contributed by atoms with Gasteiger partial charge >= 0.3 is 6.85 Å². The minimum absolute atomic E-state index is 0.0200. The highest BCUT2D eigenvalue weighted by Crippen LogP contribution is 2.52. The number of anilines is 2. The largest absolute Gasteiger partial charge is 0.469 e. The van der Waals surface area contributed by atoms with Crippen LogP contribution in [0.25, 0.3) is 33.2 Å². The molecule has 0 spiro atoms. The Kier molecular flexibility index (Phi) is 6.73. The molecule has 0 saturated carbocycles. The summed E-state index contributed by atoms with van der Waals surface area (Å²) in [4.78, 5) is 5.42. The SMILES string of the molecule is CCC(C)(C)c1ccc2c(c1)B1c3cc(C(C)(C)CC)ccc3-c3ccc4c5c3N1c1c(cc(C(C)(C)CC)cc1-2)B5c1oc2ccccc2c1S4. The lowest BCUT2D eigenvalue weighted by Gasteiger charge is -2.50. The summed E-state index contributed by atoms with van der Waals surface area (Å²) >= 11 is 1.91. The number of nitrogens with zero attached hydrogens (tertiary/aromatic N) is 1. The van der Waals surface area contributed by atoms with E-state index in [9.17, 15) is 0 Å². The predicted molar refractivity (Wildman–Crippen MR) is 226 cm³/mol. The zero-order chi connectivity index (χ0) is 36.1. The molecule has 5 aromatic carbocycles. The van der Waals surface area contributed by atoms with Crippen LogP contribution in [0.1, 0.15) is 98.3 Å². The van der Waals surface area contributed by atoms with E-state index in [-0.39, 0.29) is 29.8 Å². The number of rotatable bonds is 6. The molecule has 0 saturated heterocycles. The maximum absolute atomic E-state index is 6.99. The number of hydrogen-bond donors (Lipinski definition) is 0. The van der Waals surface area contributed by atoms with Crippen molar-refractivity contribution in [1.29, 1.82) is 0 Å². The second-order valence-corrected chi connectivity index (χ2v) is 18.8. The third-order valence-corrected chi connectivity index (χ3v) is 15.2. The van der Waals surface area contributed by atoms with Gasteiger partial charge in [0.15, 0.2) is 0 Å². The average Bonchev–Trinajstić information content (AvgIpc) is 3.53. The highest BCUT2D eigenvalue weighted by molar-refractivity contribution is 8.00. The molecule has 0 amide bonds. The van der Waals surface area contributed by atoms with Crippen LogP contribution in [0.2, 0.25) is 0 Å². The molecular weight excluding hydrogens is 648 g/mol. The quantitative estimate of drug-likeness (QED) is 0.161. The van der Waals surface area contributed by atoms with Crippen molar-refractivity contribution in [3.05, 3.63) is 102 Å². The lowest BCUT2D eigenvalue weighted by molar-refractivity contribution is 0.506. The summed E-state index contributed by atoms with van der Waals surface area (Å²) in [6.07, 6.45) is 3.26. The molecule has 258 valence electrons. The highest BCUT2D eigenvalue weighted by Gasteiger charge is 2.53. The van der Waals surface area contributed by atoms with Gasteiger partial charge in [0.1, 0.15) is 5.58 Å². The first kappa shape index (κ1) is 32.6. The first-order chi connectivity index (χ1) is 24.9. The fourth-order valence-corrected chi connectivity index (χ4v) is 10.6. The van der Waals surface area contributed by atoms with Crippen LogP contribution in [-0.4, -0.2) is 13.6 Å². The minimum atomic E-state index is 0.0200. The minimum Gasteiger partial charge on any atom is -0.469 e. The summed E-state index contributed by atoms with van der Waals surface area (Å²) in [6.45, 7) is 21.5. The highest BCUT2D eigenvalue weighted by atomic mass is 32.2. The molecule has 0 N–H and O–H groups in total. The number of fused-ring (bicyclic) bond motifs is 11. The summed E-state index contributed by atoms with van der Waals surface area (Å²) in [5.74, 6) is 0. The van der Waals surface area contributed by atoms with Gasteiger partial charge in [0.05, 0.1) is 10.6 Å². The summed E-state index contributed by atoms with van der Waals surface area (Å²) in [7, 11) is 0. The molecule has 4 aliphatic heterocycles. The van der Waals surface area contributed by atoms with Crippen molar-refractivity contribution in [2.24, 2.45) is 0 Å². The van der Waals surface area contributed by atoms with Crippen molar-refractivity contribution in [3.63, 3.8) is 0 Å². The van der Waals surface area contributed by atoms with Gasteiger partial charge in [-0.2, -0.15) is 0 Å². The molecule has 1 aromatic heterocycles. The number of furan rings is 1. The van der Waals surface area contributed by atoms with E-state index < -0.39 is 0 Å². The Hall–Kier alpha value is -4.08. The Bertz CT molecular complexity index is 2520. The molecule has 10 rings (SSSR count). The van der Waals surface area contributed by atoms with E-state index in [0.717, 1.165) is 30.5 Å². The van der Waals surface area contributed by atoms with Crippen molar-refractivity contribution in [1.82, 2.24) is 0 Å². The van der Waals surface area contributed by atoms with Crippen LogP contribution in [0.4, 0.5) is 11.4 Å². The molecule has 0 radical (unpaired) electrons. The van der Waals surface area contributed by atoms with E-state index in [4.69, 9.17) is 4.42 Å². The second-order valence-electron chi connectivity index (χ2n) is 17.8. The summed E-state index contributed by atoms with van der Waals surface area (Å²) < 4.78 is 6.99. The van der Waals surface area contributed by atoms with Crippen LogP contribution < -0.4 is 32.3 Å². The van der Waals surface area contributed by atoms with Gasteiger partial charge in [-0.25, -0.2) is 0 Å². The number of hydrogen-bond acceptors (Lipinski definition) is 3. The first-order valence-corrected chi connectivity index (χ1v) is 20.3. The van der Waals surface area contributed by atoms with Crippen LogP contribution in [0.15, 0.2) is 99.1 Å². The zero-order valence-electron chi connectivity index (χ0n) is 32.1. The van der Waals surface area contributed by atoms with Crippen molar-refractivity contribution < 1.29 is 4.42 Å². The maximum Gasteiger partial charge on any atom is 0.329 e. The fraction of sp³-hybridized carbons (Fsp3) is 0.319. The topological polar surface area (TPSA) is 16.4 Å². The zero-order valence-corrected chi connectivity index (χ0v) is 32.9. The molecule has 5 heterocycles. The lowest BCUT2D eigenvalue weighted by Crippen LogP contribution is -2.68. The smallest absolute Gasteiger partial charge is 0.329 e. The first-order valence-electron chi connectivity index (χ1n) is 19.5. The molecule has 5 heteroatoms. The Morgan fingerprint density at radius 1 is 0.596 bits per heavy atom. The van der Waals surface area contributed by atoms with Crippen LogP contribution >= 0.6 is 11.8 Å². The molecule has 2 nitrogen and oxygen atoms in total. The number of benzene rings is 5. The van der Waals surface area contributed by atoms with Crippen LogP contribution in [-0.2, 0) is 16.2 Å². The molecule has 0 fully saturated rings. The Morgan fingerprint density at radius 2 is 1.17 bits per heavy atom. The van der Waals surface area contributed by atoms with Crippen LogP contribution in [0.5, 0.6) is 0 Å². The van der Waals surface area contributed by atoms with Crippen molar-refractivity contribution in [2.45, 2.75) is 108 Å².